The van der Waals surface area contributed by atoms with Crippen molar-refractivity contribution in [2.45, 2.75) is 32.9 Å². The van der Waals surface area contributed by atoms with Crippen LogP contribution >= 0.6 is 15.9 Å². The van der Waals surface area contributed by atoms with Crippen LogP contribution in [-0.4, -0.2) is 59.5 Å². The van der Waals surface area contributed by atoms with Gasteiger partial charge in [0, 0.05) is 25.7 Å². The Morgan fingerprint density at radius 2 is 2.09 bits per heavy atom. The first-order chi connectivity index (χ1) is 10.9. The van der Waals surface area contributed by atoms with Crippen LogP contribution < -0.4 is 5.32 Å². The fraction of sp³-hybridized carbons (Fsp3) is 0.714. The van der Waals surface area contributed by atoms with Gasteiger partial charge in [-0.2, -0.15) is 5.10 Å². The van der Waals surface area contributed by atoms with Gasteiger partial charge in [0.25, 0.3) is 6.43 Å². The average Bonchev–Trinajstić information content (AvgIpc) is 2.76. The second-order valence-corrected chi connectivity index (χ2v) is 6.42. The molecule has 0 bridgehead atoms. The van der Waals surface area contributed by atoms with Gasteiger partial charge in [-0.25, -0.2) is 8.78 Å². The fourth-order valence-electron chi connectivity index (χ4n) is 2.51. The van der Waals surface area contributed by atoms with Crippen LogP contribution in [0.1, 0.15) is 24.7 Å². The molecule has 1 fully saturated rings. The summed E-state index contributed by atoms with van der Waals surface area (Å²) < 4.78 is 32.4. The topological polar surface area (TPSA) is 59.4 Å². The van der Waals surface area contributed by atoms with Crippen LogP contribution in [0, 0.1) is 6.92 Å². The molecule has 1 amide bonds. The van der Waals surface area contributed by atoms with Crippen molar-refractivity contribution in [3.8, 4) is 0 Å². The van der Waals surface area contributed by atoms with E-state index in [1.54, 1.807) is 6.92 Å². The Balaban J connectivity index is 1.87. The second kappa shape index (κ2) is 8.16. The third kappa shape index (κ3) is 4.95. The van der Waals surface area contributed by atoms with Crippen LogP contribution in [0.4, 0.5) is 8.78 Å². The molecule has 130 valence electrons. The summed E-state index contributed by atoms with van der Waals surface area (Å²) in [6.07, 6.45) is -2.67. The lowest BCUT2D eigenvalue weighted by molar-refractivity contribution is -0.122. The highest BCUT2D eigenvalue weighted by Crippen LogP contribution is 2.28. The number of morpholine rings is 1. The number of nitrogens with one attached hydrogen (secondary N) is 1. The highest BCUT2D eigenvalue weighted by molar-refractivity contribution is 9.10. The van der Waals surface area contributed by atoms with Crippen molar-refractivity contribution in [2.24, 2.45) is 0 Å². The van der Waals surface area contributed by atoms with E-state index in [9.17, 15) is 13.6 Å². The van der Waals surface area contributed by atoms with Gasteiger partial charge >= 0.3 is 0 Å². The van der Waals surface area contributed by atoms with E-state index < -0.39 is 6.43 Å². The minimum Gasteiger partial charge on any atom is -0.379 e. The van der Waals surface area contributed by atoms with Gasteiger partial charge in [-0.05, 0) is 29.8 Å². The Morgan fingerprint density at radius 1 is 1.43 bits per heavy atom. The van der Waals surface area contributed by atoms with Crippen molar-refractivity contribution in [3.63, 3.8) is 0 Å². The molecule has 1 aliphatic heterocycles. The average molecular weight is 395 g/mol. The third-order valence-corrected chi connectivity index (χ3v) is 4.68. The molecule has 0 saturated carbocycles. The van der Waals surface area contributed by atoms with Crippen molar-refractivity contribution >= 4 is 21.8 Å². The monoisotopic (exact) mass is 394 g/mol. The Bertz CT molecular complexity index is 547. The summed E-state index contributed by atoms with van der Waals surface area (Å²) >= 11 is 3.09. The summed E-state index contributed by atoms with van der Waals surface area (Å²) in [4.78, 5) is 14.3. The SMILES string of the molecule is Cc1c(Br)c(C(F)F)nn1CC(=O)N[C@@H](C)CN1CCOCC1. The molecule has 0 unspecified atom stereocenters. The number of alkyl halides is 2. The summed E-state index contributed by atoms with van der Waals surface area (Å²) in [5, 5.41) is 6.68. The number of hydrogen-bond acceptors (Lipinski definition) is 4. The van der Waals surface area contributed by atoms with E-state index in [1.807, 2.05) is 6.92 Å². The predicted molar refractivity (Wildman–Crippen MR) is 84.5 cm³/mol. The quantitative estimate of drug-likeness (QED) is 0.797. The van der Waals surface area contributed by atoms with Gasteiger partial charge in [0.15, 0.2) is 0 Å². The van der Waals surface area contributed by atoms with Crippen LogP contribution in [0.2, 0.25) is 0 Å². The second-order valence-electron chi connectivity index (χ2n) is 5.62. The molecule has 1 atom stereocenters. The van der Waals surface area contributed by atoms with Gasteiger partial charge < -0.3 is 10.1 Å². The van der Waals surface area contributed by atoms with Crippen LogP contribution in [-0.2, 0) is 16.1 Å². The third-order valence-electron chi connectivity index (χ3n) is 3.70. The van der Waals surface area contributed by atoms with Crippen molar-refractivity contribution in [3.05, 3.63) is 15.9 Å². The first-order valence-electron chi connectivity index (χ1n) is 7.49. The van der Waals surface area contributed by atoms with Crippen molar-refractivity contribution in [2.75, 3.05) is 32.8 Å². The molecule has 0 radical (unpaired) electrons. The Labute approximate surface area is 142 Å². The number of ether oxygens (including phenoxy) is 1. The molecule has 1 saturated heterocycles. The minimum atomic E-state index is -2.67. The molecular formula is C14H21BrF2N4O2. The number of hydrogen-bond donors (Lipinski definition) is 1. The summed E-state index contributed by atoms with van der Waals surface area (Å²) in [5.74, 6) is -0.246. The lowest BCUT2D eigenvalue weighted by Gasteiger charge is -2.29. The first-order valence-corrected chi connectivity index (χ1v) is 8.28. The van der Waals surface area contributed by atoms with E-state index in [1.165, 1.54) is 4.68 Å². The lowest BCUT2D eigenvalue weighted by atomic mass is 10.3. The summed E-state index contributed by atoms with van der Waals surface area (Å²) in [6.45, 7) is 7.34. The molecule has 0 spiro atoms. The van der Waals surface area contributed by atoms with Crippen LogP contribution in [0.5, 0.6) is 0 Å². The molecule has 9 heteroatoms. The maximum atomic E-state index is 12.8. The smallest absolute Gasteiger partial charge is 0.283 e. The molecule has 1 aliphatic rings. The van der Waals surface area contributed by atoms with Crippen molar-refractivity contribution < 1.29 is 18.3 Å². The largest absolute Gasteiger partial charge is 0.379 e. The summed E-state index contributed by atoms with van der Waals surface area (Å²) in [7, 11) is 0. The molecule has 1 aromatic heterocycles. The summed E-state index contributed by atoms with van der Waals surface area (Å²) in [5.41, 5.74) is 0.174. The zero-order chi connectivity index (χ0) is 17.0. The lowest BCUT2D eigenvalue weighted by Crippen LogP contribution is -2.46. The number of amides is 1. The number of carbonyl (C=O) groups excluding carboxylic acids is 1. The van der Waals surface area contributed by atoms with Gasteiger partial charge in [0.05, 0.1) is 23.4 Å². The van der Waals surface area contributed by atoms with Crippen LogP contribution in [0.15, 0.2) is 4.47 Å². The van der Waals surface area contributed by atoms with Crippen molar-refractivity contribution in [1.82, 2.24) is 20.0 Å². The highest BCUT2D eigenvalue weighted by Gasteiger charge is 2.22. The normalized spacial score (nSPS) is 17.5. The molecule has 0 aliphatic carbocycles. The Kier molecular flexibility index (Phi) is 6.49. The van der Waals surface area contributed by atoms with E-state index in [0.717, 1.165) is 19.6 Å². The molecular weight excluding hydrogens is 374 g/mol. The zero-order valence-corrected chi connectivity index (χ0v) is 14.8. The van der Waals surface area contributed by atoms with Crippen LogP contribution in [0.3, 0.4) is 0 Å². The Morgan fingerprint density at radius 3 is 2.65 bits per heavy atom. The molecule has 1 aromatic rings. The standard InChI is InChI=1S/C14H21BrF2N4O2/c1-9(7-20-3-5-23-6-4-20)18-11(22)8-21-10(2)12(15)13(19-21)14(16)17/h9,14H,3-8H2,1-2H3,(H,18,22)/t9-/m0/s1. The maximum absolute atomic E-state index is 12.8. The zero-order valence-electron chi connectivity index (χ0n) is 13.2. The molecule has 0 aromatic carbocycles. The molecule has 2 heterocycles. The van der Waals surface area contributed by atoms with E-state index in [2.05, 4.69) is 31.2 Å². The van der Waals surface area contributed by atoms with E-state index in [4.69, 9.17) is 4.74 Å². The van der Waals surface area contributed by atoms with E-state index in [0.29, 0.717) is 18.9 Å². The molecule has 1 N–H and O–H groups in total. The number of nitrogens with zero attached hydrogens (tertiary/aromatic N) is 3. The molecule has 6 nitrogen and oxygen atoms in total. The van der Waals surface area contributed by atoms with E-state index >= 15 is 0 Å². The Hall–Kier alpha value is -1.06. The minimum absolute atomic E-state index is 0.0329. The molecule has 2 rings (SSSR count). The maximum Gasteiger partial charge on any atom is 0.283 e. The van der Waals surface area contributed by atoms with Gasteiger partial charge in [-0.15, -0.1) is 0 Å². The van der Waals surface area contributed by atoms with Gasteiger partial charge in [0.2, 0.25) is 5.91 Å². The number of halogens is 3. The van der Waals surface area contributed by atoms with Crippen LogP contribution in [0.25, 0.3) is 0 Å². The molecule has 23 heavy (non-hydrogen) atoms. The van der Waals surface area contributed by atoms with Crippen molar-refractivity contribution in [1.29, 1.82) is 0 Å². The summed E-state index contributed by atoms with van der Waals surface area (Å²) in [6, 6.07) is -0.0329. The number of carbonyl (C=O) groups is 1. The number of aromatic nitrogens is 2. The predicted octanol–water partition coefficient (Wildman–Crippen LogP) is 1.73. The van der Waals surface area contributed by atoms with E-state index in [-0.39, 0.29) is 28.7 Å². The van der Waals surface area contributed by atoms with Gasteiger partial charge in [-0.1, -0.05) is 0 Å². The number of rotatable bonds is 6. The first kappa shape index (κ1) is 18.3. The van der Waals surface area contributed by atoms with Gasteiger partial charge in [0.1, 0.15) is 12.2 Å². The van der Waals surface area contributed by atoms with Gasteiger partial charge in [-0.3, -0.25) is 14.4 Å². The highest BCUT2D eigenvalue weighted by atomic mass is 79.9. The fourth-order valence-corrected chi connectivity index (χ4v) is 2.97.